The van der Waals surface area contributed by atoms with Gasteiger partial charge in [-0.1, -0.05) is 0 Å². The lowest BCUT2D eigenvalue weighted by Crippen LogP contribution is -2.28. The van der Waals surface area contributed by atoms with Gasteiger partial charge >= 0.3 is 0 Å². The topological polar surface area (TPSA) is 67.6 Å². The first-order valence-electron chi connectivity index (χ1n) is 6.78. The number of hydrogen-bond donors (Lipinski definition) is 2. The Kier molecular flexibility index (Phi) is 2.97. The standard InChI is InChI=1S/C14H19N3O2/c1-2-17(7-9-3-4-9)12-6-11-13(5-10(12)15)19-8-14(18)16-11/h5-6,9H,2-4,7-8,15H2,1H3,(H,16,18). The van der Waals surface area contributed by atoms with Gasteiger partial charge in [0.15, 0.2) is 6.61 Å². The molecule has 5 nitrogen and oxygen atoms in total. The summed E-state index contributed by atoms with van der Waals surface area (Å²) in [6, 6.07) is 3.73. The normalized spacial score (nSPS) is 17.4. The molecule has 1 aliphatic heterocycles. The first-order valence-corrected chi connectivity index (χ1v) is 6.78. The van der Waals surface area contributed by atoms with Crippen molar-refractivity contribution < 1.29 is 9.53 Å². The van der Waals surface area contributed by atoms with E-state index in [0.29, 0.717) is 11.4 Å². The van der Waals surface area contributed by atoms with Crippen LogP contribution in [0.3, 0.4) is 0 Å². The van der Waals surface area contributed by atoms with E-state index in [0.717, 1.165) is 30.4 Å². The lowest BCUT2D eigenvalue weighted by molar-refractivity contribution is -0.118. The van der Waals surface area contributed by atoms with Crippen LogP contribution in [0.15, 0.2) is 12.1 Å². The third kappa shape index (κ3) is 2.45. The summed E-state index contributed by atoms with van der Waals surface area (Å²) in [5.41, 5.74) is 8.53. The van der Waals surface area contributed by atoms with Crippen LogP contribution in [0.4, 0.5) is 17.1 Å². The Labute approximate surface area is 112 Å². The third-order valence-electron chi connectivity index (χ3n) is 3.66. The number of carbonyl (C=O) groups excluding carboxylic acids is 1. The number of anilines is 3. The maximum absolute atomic E-state index is 11.4. The van der Waals surface area contributed by atoms with Crippen molar-refractivity contribution in [2.75, 3.05) is 35.6 Å². The first kappa shape index (κ1) is 12.1. The highest BCUT2D eigenvalue weighted by molar-refractivity contribution is 5.97. The highest BCUT2D eigenvalue weighted by atomic mass is 16.5. The van der Waals surface area contributed by atoms with Gasteiger partial charge in [0.2, 0.25) is 0 Å². The molecule has 1 saturated carbocycles. The Hall–Kier alpha value is -1.91. The number of nitrogens with zero attached hydrogens (tertiary/aromatic N) is 1. The minimum absolute atomic E-state index is 0.0609. The fourth-order valence-electron chi connectivity index (χ4n) is 2.41. The Bertz CT molecular complexity index is 512. The van der Waals surface area contributed by atoms with E-state index in [1.807, 2.05) is 6.07 Å². The van der Waals surface area contributed by atoms with Crippen molar-refractivity contribution in [1.82, 2.24) is 0 Å². The van der Waals surface area contributed by atoms with E-state index in [2.05, 4.69) is 17.1 Å². The molecule has 5 heteroatoms. The molecule has 19 heavy (non-hydrogen) atoms. The number of nitrogen functional groups attached to an aromatic ring is 1. The van der Waals surface area contributed by atoms with Crippen molar-refractivity contribution in [3.8, 4) is 5.75 Å². The molecule has 0 radical (unpaired) electrons. The van der Waals surface area contributed by atoms with Crippen molar-refractivity contribution in [2.45, 2.75) is 19.8 Å². The van der Waals surface area contributed by atoms with E-state index in [-0.39, 0.29) is 12.5 Å². The van der Waals surface area contributed by atoms with Crippen LogP contribution >= 0.6 is 0 Å². The summed E-state index contributed by atoms with van der Waals surface area (Å²) >= 11 is 0. The molecule has 1 heterocycles. The molecule has 1 aromatic carbocycles. The Morgan fingerprint density at radius 2 is 2.26 bits per heavy atom. The number of benzene rings is 1. The quantitative estimate of drug-likeness (QED) is 0.811. The summed E-state index contributed by atoms with van der Waals surface area (Å²) in [7, 11) is 0. The largest absolute Gasteiger partial charge is 0.482 e. The molecular weight excluding hydrogens is 242 g/mol. The second-order valence-corrected chi connectivity index (χ2v) is 5.23. The van der Waals surface area contributed by atoms with Gasteiger partial charge in [-0.15, -0.1) is 0 Å². The molecule has 102 valence electrons. The number of ether oxygens (including phenoxy) is 1. The van der Waals surface area contributed by atoms with Crippen LogP contribution in [0.5, 0.6) is 5.75 Å². The molecular formula is C14H19N3O2. The summed E-state index contributed by atoms with van der Waals surface area (Å²) < 4.78 is 5.37. The van der Waals surface area contributed by atoms with E-state index < -0.39 is 0 Å². The monoisotopic (exact) mass is 261 g/mol. The molecule has 0 atom stereocenters. The van der Waals surface area contributed by atoms with Gasteiger partial charge < -0.3 is 20.7 Å². The van der Waals surface area contributed by atoms with Crippen LogP contribution in [0.1, 0.15) is 19.8 Å². The van der Waals surface area contributed by atoms with E-state index in [1.165, 1.54) is 12.8 Å². The molecule has 0 spiro atoms. The van der Waals surface area contributed by atoms with Crippen LogP contribution in [-0.4, -0.2) is 25.6 Å². The molecule has 2 aliphatic rings. The predicted octanol–water partition coefficient (Wildman–Crippen LogP) is 1.84. The van der Waals surface area contributed by atoms with Crippen LogP contribution < -0.4 is 20.7 Å². The van der Waals surface area contributed by atoms with Crippen molar-refractivity contribution >= 4 is 23.0 Å². The number of carbonyl (C=O) groups is 1. The molecule has 0 unspecified atom stereocenters. The van der Waals surface area contributed by atoms with E-state index in [9.17, 15) is 4.79 Å². The second kappa shape index (κ2) is 4.64. The molecule has 0 bridgehead atoms. The van der Waals surface area contributed by atoms with Gasteiger partial charge in [0.05, 0.1) is 17.1 Å². The summed E-state index contributed by atoms with van der Waals surface area (Å²) in [6.45, 7) is 4.13. The van der Waals surface area contributed by atoms with Crippen molar-refractivity contribution in [3.63, 3.8) is 0 Å². The zero-order valence-electron chi connectivity index (χ0n) is 11.1. The van der Waals surface area contributed by atoms with Crippen LogP contribution in [0.2, 0.25) is 0 Å². The van der Waals surface area contributed by atoms with Gasteiger partial charge in [0.25, 0.3) is 5.91 Å². The van der Waals surface area contributed by atoms with E-state index >= 15 is 0 Å². The zero-order valence-corrected chi connectivity index (χ0v) is 11.1. The lowest BCUT2D eigenvalue weighted by atomic mass is 10.1. The third-order valence-corrected chi connectivity index (χ3v) is 3.66. The maximum Gasteiger partial charge on any atom is 0.262 e. The molecule has 1 fully saturated rings. The molecule has 1 aliphatic carbocycles. The molecule has 1 amide bonds. The molecule has 0 saturated heterocycles. The average Bonchev–Trinajstić information content (AvgIpc) is 3.20. The molecule has 3 rings (SSSR count). The van der Waals surface area contributed by atoms with Gasteiger partial charge in [-0.3, -0.25) is 4.79 Å². The summed E-state index contributed by atoms with van der Waals surface area (Å²) in [5.74, 6) is 1.33. The fraction of sp³-hybridized carbons (Fsp3) is 0.500. The number of nitrogens with one attached hydrogen (secondary N) is 1. The Morgan fingerprint density at radius 1 is 1.47 bits per heavy atom. The summed E-state index contributed by atoms with van der Waals surface area (Å²) in [4.78, 5) is 13.6. The smallest absolute Gasteiger partial charge is 0.262 e. The van der Waals surface area contributed by atoms with Gasteiger partial charge in [-0.25, -0.2) is 0 Å². The first-order chi connectivity index (χ1) is 9.17. The van der Waals surface area contributed by atoms with Crippen molar-refractivity contribution in [2.24, 2.45) is 5.92 Å². The number of nitrogens with two attached hydrogens (primary N) is 1. The Morgan fingerprint density at radius 3 is 2.95 bits per heavy atom. The van der Waals surface area contributed by atoms with Crippen LogP contribution in [0.25, 0.3) is 0 Å². The minimum atomic E-state index is -0.117. The van der Waals surface area contributed by atoms with Crippen molar-refractivity contribution in [3.05, 3.63) is 12.1 Å². The average molecular weight is 261 g/mol. The Balaban J connectivity index is 1.91. The van der Waals surface area contributed by atoms with Crippen LogP contribution in [-0.2, 0) is 4.79 Å². The van der Waals surface area contributed by atoms with E-state index in [4.69, 9.17) is 10.5 Å². The van der Waals surface area contributed by atoms with Gasteiger partial charge in [0, 0.05) is 19.2 Å². The second-order valence-electron chi connectivity index (χ2n) is 5.23. The number of fused-ring (bicyclic) bond motifs is 1. The predicted molar refractivity (Wildman–Crippen MR) is 75.6 cm³/mol. The number of rotatable bonds is 4. The van der Waals surface area contributed by atoms with E-state index in [1.54, 1.807) is 6.07 Å². The summed E-state index contributed by atoms with van der Waals surface area (Å²) in [6.07, 6.45) is 2.61. The fourth-order valence-corrected chi connectivity index (χ4v) is 2.41. The molecule has 1 aromatic rings. The zero-order chi connectivity index (χ0) is 13.4. The van der Waals surface area contributed by atoms with Crippen LogP contribution in [0, 0.1) is 5.92 Å². The minimum Gasteiger partial charge on any atom is -0.482 e. The van der Waals surface area contributed by atoms with Gasteiger partial charge in [-0.2, -0.15) is 0 Å². The lowest BCUT2D eigenvalue weighted by Gasteiger charge is -2.27. The maximum atomic E-state index is 11.4. The highest BCUT2D eigenvalue weighted by Crippen LogP contribution is 2.39. The van der Waals surface area contributed by atoms with Gasteiger partial charge in [-0.05, 0) is 31.7 Å². The van der Waals surface area contributed by atoms with Gasteiger partial charge in [0.1, 0.15) is 5.75 Å². The number of amides is 1. The summed E-state index contributed by atoms with van der Waals surface area (Å²) in [5, 5.41) is 2.83. The highest BCUT2D eigenvalue weighted by Gasteiger charge is 2.26. The molecule has 3 N–H and O–H groups in total. The molecule has 0 aromatic heterocycles. The van der Waals surface area contributed by atoms with Crippen molar-refractivity contribution in [1.29, 1.82) is 0 Å². The SMILES string of the molecule is CCN(CC1CC1)c1cc2c(cc1N)OCC(=O)N2. The number of hydrogen-bond acceptors (Lipinski definition) is 4.